The van der Waals surface area contributed by atoms with E-state index in [0.717, 1.165) is 24.3 Å². The zero-order valence-electron chi connectivity index (χ0n) is 20.2. The molecular weight excluding hydrogens is 566 g/mol. The highest BCUT2D eigenvalue weighted by Crippen LogP contribution is 2.43. The number of carbonyl (C=O) groups is 3. The largest absolute Gasteiger partial charge is 0.496 e. The van der Waals surface area contributed by atoms with Gasteiger partial charge in [-0.2, -0.15) is 13.2 Å². The quantitative estimate of drug-likeness (QED) is 0.289. The average molecular weight is 586 g/mol. The van der Waals surface area contributed by atoms with Crippen LogP contribution in [0.15, 0.2) is 48.5 Å². The Kier molecular flexibility index (Phi) is 8.98. The van der Waals surface area contributed by atoms with Crippen LogP contribution in [0.1, 0.15) is 31.8 Å². The van der Waals surface area contributed by atoms with Gasteiger partial charge in [0, 0.05) is 6.42 Å². The first-order valence-corrected chi connectivity index (χ1v) is 11.7. The Balaban J connectivity index is 1.87. The molecule has 0 unspecified atom stereocenters. The van der Waals surface area contributed by atoms with Gasteiger partial charge in [0.1, 0.15) is 17.5 Å². The number of halogens is 5. The Morgan fingerprint density at radius 3 is 1.85 bits per heavy atom. The van der Waals surface area contributed by atoms with Crippen LogP contribution in [0.5, 0.6) is 11.5 Å². The Labute approximate surface area is 229 Å². The van der Waals surface area contributed by atoms with Gasteiger partial charge < -0.3 is 25.0 Å². The molecule has 39 heavy (non-hydrogen) atoms. The van der Waals surface area contributed by atoms with Crippen molar-refractivity contribution in [2.24, 2.45) is 0 Å². The molecule has 0 fully saturated rings. The number of aliphatic carboxylic acids is 1. The molecule has 0 aromatic heterocycles. The predicted octanol–water partition coefficient (Wildman–Crippen LogP) is 5.82. The number of rotatable bonds is 9. The van der Waals surface area contributed by atoms with Crippen molar-refractivity contribution in [1.82, 2.24) is 5.32 Å². The molecule has 0 spiro atoms. The fraction of sp³-hybridized carbons (Fsp3) is 0.192. The normalized spacial score (nSPS) is 12.0. The lowest BCUT2D eigenvalue weighted by atomic mass is 9.97. The molecule has 0 heterocycles. The lowest BCUT2D eigenvalue weighted by Crippen LogP contribution is -2.42. The summed E-state index contributed by atoms with van der Waals surface area (Å²) >= 11 is 12.0. The molecule has 3 aromatic rings. The van der Waals surface area contributed by atoms with Crippen molar-refractivity contribution in [1.29, 1.82) is 0 Å². The monoisotopic (exact) mass is 585 g/mol. The standard InChI is InChI=1S/C26H20Cl2F3NO7/c1-38-19-10-15(26(29,30)31)11-20(39-2)21(19)13-5-3-12(4-6-13)7-18(25(36)37)32-23(33)22-16(27)8-14(24(34)35)9-17(22)28/h3-6,8-11,18H,7H2,1-2H3,(H,32,33)(H,34,35)(H,36,37)/t18-/m0/s1. The molecule has 8 nitrogen and oxygen atoms in total. The number of benzene rings is 3. The van der Waals surface area contributed by atoms with E-state index in [1.54, 1.807) is 12.1 Å². The van der Waals surface area contributed by atoms with Gasteiger partial charge in [-0.15, -0.1) is 0 Å². The number of aromatic carboxylic acids is 1. The number of hydrogen-bond donors (Lipinski definition) is 3. The molecule has 0 aliphatic carbocycles. The number of amides is 1. The number of carboxylic acid groups (broad SMARTS) is 2. The van der Waals surface area contributed by atoms with Crippen LogP contribution in [0, 0.1) is 0 Å². The summed E-state index contributed by atoms with van der Waals surface area (Å²) in [6.07, 6.45) is -4.79. The van der Waals surface area contributed by atoms with E-state index in [9.17, 15) is 32.7 Å². The topological polar surface area (TPSA) is 122 Å². The molecule has 0 aliphatic heterocycles. The molecule has 0 radical (unpaired) electrons. The fourth-order valence-electron chi connectivity index (χ4n) is 3.75. The van der Waals surface area contributed by atoms with Crippen LogP contribution in [0.2, 0.25) is 10.0 Å². The Morgan fingerprint density at radius 2 is 1.44 bits per heavy atom. The molecule has 0 saturated carbocycles. The number of hydrogen-bond acceptors (Lipinski definition) is 5. The van der Waals surface area contributed by atoms with Gasteiger partial charge in [-0.3, -0.25) is 4.79 Å². The van der Waals surface area contributed by atoms with Crippen molar-refractivity contribution in [2.75, 3.05) is 14.2 Å². The van der Waals surface area contributed by atoms with Crippen LogP contribution in [-0.2, 0) is 17.4 Å². The van der Waals surface area contributed by atoms with Gasteiger partial charge in [0.25, 0.3) is 5.91 Å². The van der Waals surface area contributed by atoms with Crippen LogP contribution in [0.25, 0.3) is 11.1 Å². The smallest absolute Gasteiger partial charge is 0.416 e. The molecule has 0 aliphatic rings. The first-order chi connectivity index (χ1) is 18.3. The number of methoxy groups -OCH3 is 2. The van der Waals surface area contributed by atoms with Gasteiger partial charge in [-0.1, -0.05) is 47.5 Å². The maximum atomic E-state index is 13.3. The summed E-state index contributed by atoms with van der Waals surface area (Å²) in [7, 11) is 2.45. The van der Waals surface area contributed by atoms with Crippen molar-refractivity contribution in [3.8, 4) is 22.6 Å². The minimum Gasteiger partial charge on any atom is -0.496 e. The van der Waals surface area contributed by atoms with Crippen LogP contribution < -0.4 is 14.8 Å². The number of ether oxygens (including phenoxy) is 2. The van der Waals surface area contributed by atoms with Crippen LogP contribution >= 0.6 is 23.2 Å². The van der Waals surface area contributed by atoms with Gasteiger partial charge in [-0.05, 0) is 35.4 Å². The van der Waals surface area contributed by atoms with E-state index in [1.165, 1.54) is 26.4 Å². The summed E-state index contributed by atoms with van der Waals surface area (Å²) in [5.41, 5.74) is -0.320. The lowest BCUT2D eigenvalue weighted by Gasteiger charge is -2.18. The summed E-state index contributed by atoms with van der Waals surface area (Å²) in [5, 5.41) is 20.5. The molecule has 206 valence electrons. The number of nitrogens with one attached hydrogen (secondary N) is 1. The third-order valence-electron chi connectivity index (χ3n) is 5.64. The molecular formula is C26H20Cl2F3NO7. The van der Waals surface area contributed by atoms with E-state index < -0.39 is 35.6 Å². The molecule has 1 atom stereocenters. The van der Waals surface area contributed by atoms with Crippen molar-refractivity contribution >= 4 is 41.0 Å². The summed E-state index contributed by atoms with van der Waals surface area (Å²) in [5.74, 6) is -3.76. The third kappa shape index (κ3) is 6.73. The van der Waals surface area contributed by atoms with Crippen molar-refractivity contribution in [3.63, 3.8) is 0 Å². The number of carbonyl (C=O) groups excluding carboxylic acids is 1. The minimum atomic E-state index is -4.62. The Morgan fingerprint density at radius 1 is 0.923 bits per heavy atom. The predicted molar refractivity (Wildman–Crippen MR) is 136 cm³/mol. The van der Waals surface area contributed by atoms with E-state index >= 15 is 0 Å². The summed E-state index contributed by atoms with van der Waals surface area (Å²) in [4.78, 5) is 35.8. The summed E-state index contributed by atoms with van der Waals surface area (Å²) < 4.78 is 50.1. The van der Waals surface area contributed by atoms with Crippen molar-refractivity contribution in [2.45, 2.75) is 18.6 Å². The van der Waals surface area contributed by atoms with E-state index in [4.69, 9.17) is 37.8 Å². The Hall–Kier alpha value is -3.96. The highest BCUT2D eigenvalue weighted by molar-refractivity contribution is 6.40. The van der Waals surface area contributed by atoms with Gasteiger partial charge in [-0.25, -0.2) is 9.59 Å². The van der Waals surface area contributed by atoms with Crippen LogP contribution in [0.3, 0.4) is 0 Å². The zero-order valence-corrected chi connectivity index (χ0v) is 21.7. The summed E-state index contributed by atoms with van der Waals surface area (Å²) in [6, 6.07) is 8.47. The molecule has 1 amide bonds. The second-order valence-corrected chi connectivity index (χ2v) is 8.95. The molecule has 3 aromatic carbocycles. The van der Waals surface area contributed by atoms with E-state index in [0.29, 0.717) is 11.1 Å². The molecule has 0 bridgehead atoms. The van der Waals surface area contributed by atoms with E-state index in [-0.39, 0.29) is 44.7 Å². The highest BCUT2D eigenvalue weighted by Gasteiger charge is 2.33. The molecule has 13 heteroatoms. The second-order valence-electron chi connectivity index (χ2n) is 8.14. The maximum absolute atomic E-state index is 13.3. The maximum Gasteiger partial charge on any atom is 0.416 e. The van der Waals surface area contributed by atoms with E-state index in [1.807, 2.05) is 0 Å². The summed E-state index contributed by atoms with van der Waals surface area (Å²) in [6.45, 7) is 0. The van der Waals surface area contributed by atoms with Crippen LogP contribution in [-0.4, -0.2) is 48.3 Å². The third-order valence-corrected chi connectivity index (χ3v) is 6.23. The Bertz CT molecular complexity index is 1380. The van der Waals surface area contributed by atoms with Gasteiger partial charge >= 0.3 is 18.1 Å². The average Bonchev–Trinajstić information content (AvgIpc) is 2.86. The first-order valence-electron chi connectivity index (χ1n) is 10.9. The van der Waals surface area contributed by atoms with Crippen molar-refractivity contribution < 1.29 is 47.2 Å². The van der Waals surface area contributed by atoms with Crippen LogP contribution in [0.4, 0.5) is 13.2 Å². The highest BCUT2D eigenvalue weighted by atomic mass is 35.5. The van der Waals surface area contributed by atoms with Gasteiger partial charge in [0.2, 0.25) is 0 Å². The minimum absolute atomic E-state index is 0.0761. The number of alkyl halides is 3. The second kappa shape index (κ2) is 11.8. The molecule has 0 saturated heterocycles. The SMILES string of the molecule is COc1cc(C(F)(F)F)cc(OC)c1-c1ccc(C[C@H](NC(=O)c2c(Cl)cc(C(=O)O)cc2Cl)C(=O)O)cc1. The number of carboxylic acids is 2. The lowest BCUT2D eigenvalue weighted by molar-refractivity contribution is -0.139. The van der Waals surface area contributed by atoms with E-state index in [2.05, 4.69) is 5.32 Å². The van der Waals surface area contributed by atoms with Gasteiger partial charge in [0.05, 0.1) is 46.5 Å². The van der Waals surface area contributed by atoms with Gasteiger partial charge in [0.15, 0.2) is 0 Å². The zero-order chi connectivity index (χ0) is 29.1. The molecule has 3 rings (SSSR count). The first kappa shape index (κ1) is 29.6. The molecule has 3 N–H and O–H groups in total. The fourth-order valence-corrected chi connectivity index (χ4v) is 4.41. The van der Waals surface area contributed by atoms with Crippen molar-refractivity contribution in [3.05, 3.63) is 80.8 Å².